The van der Waals surface area contributed by atoms with Crippen molar-refractivity contribution in [3.8, 4) is 22.6 Å². The molecule has 0 fully saturated rings. The van der Waals surface area contributed by atoms with E-state index in [1.807, 2.05) is 6.07 Å². The van der Waals surface area contributed by atoms with E-state index in [1.165, 1.54) is 60.6 Å². The van der Waals surface area contributed by atoms with Crippen LogP contribution in [0.5, 0.6) is 0 Å². The average molecular weight is 698 g/mol. The van der Waals surface area contributed by atoms with Gasteiger partial charge in [-0.25, -0.2) is 9.97 Å². The molecule has 0 bridgehead atoms. The summed E-state index contributed by atoms with van der Waals surface area (Å²) in [4.78, 5) is 10.4. The molecule has 2 heterocycles. The first-order chi connectivity index (χ1) is 26.5. The first-order valence-corrected chi connectivity index (χ1v) is 19.4. The third-order valence-corrected chi connectivity index (χ3v) is 12.0. The van der Waals surface area contributed by atoms with Crippen LogP contribution in [0.4, 0.5) is 0 Å². The van der Waals surface area contributed by atoms with Crippen LogP contribution >= 0.6 is 0 Å². The van der Waals surface area contributed by atoms with Gasteiger partial charge in [0.05, 0.1) is 22.3 Å². The van der Waals surface area contributed by atoms with Gasteiger partial charge in [-0.3, -0.25) is 0 Å². The molecule has 0 spiro atoms. The van der Waals surface area contributed by atoms with E-state index in [4.69, 9.17) is 9.97 Å². The molecule has 4 aliphatic carbocycles. The van der Waals surface area contributed by atoms with Crippen LogP contribution in [0.3, 0.4) is 0 Å². The average Bonchev–Trinajstić information content (AvgIpc) is 3.68. The number of allylic oxidation sites excluding steroid dienone is 9. The lowest BCUT2D eigenvalue weighted by Crippen LogP contribution is -2.37. The molecule has 2 aromatic heterocycles. The molecule has 0 N–H and O–H groups in total. The fourth-order valence-corrected chi connectivity index (χ4v) is 9.45. The van der Waals surface area contributed by atoms with Gasteiger partial charge in [-0.1, -0.05) is 152 Å². The molecule has 0 radical (unpaired) electrons. The minimum Gasteiger partial charge on any atom is -0.309 e. The Morgan fingerprint density at radius 1 is 0.759 bits per heavy atom. The number of nitrogens with zero attached hydrogens (tertiary/aromatic N) is 3. The maximum Gasteiger partial charge on any atom is 0.160 e. The molecule has 4 aromatic carbocycles. The normalized spacial score (nSPS) is 21.6. The van der Waals surface area contributed by atoms with Crippen molar-refractivity contribution in [3.05, 3.63) is 190 Å². The highest BCUT2D eigenvalue weighted by Crippen LogP contribution is 2.54. The van der Waals surface area contributed by atoms with Crippen molar-refractivity contribution >= 4 is 33.8 Å². The van der Waals surface area contributed by atoms with Gasteiger partial charge in [0, 0.05) is 38.8 Å². The van der Waals surface area contributed by atoms with Crippen molar-refractivity contribution in [3.63, 3.8) is 0 Å². The van der Waals surface area contributed by atoms with E-state index in [2.05, 4.69) is 171 Å². The van der Waals surface area contributed by atoms with Gasteiger partial charge in [-0.15, -0.1) is 0 Å². The maximum atomic E-state index is 5.29. The lowest BCUT2D eigenvalue weighted by Gasteiger charge is -2.27. The smallest absolute Gasteiger partial charge is 0.160 e. The highest BCUT2D eigenvalue weighted by atomic mass is 15.0. The van der Waals surface area contributed by atoms with Gasteiger partial charge in [0.25, 0.3) is 0 Å². The van der Waals surface area contributed by atoms with Crippen molar-refractivity contribution in [2.45, 2.75) is 52.4 Å². The van der Waals surface area contributed by atoms with Crippen LogP contribution in [-0.2, 0) is 6.42 Å². The molecule has 0 aliphatic heterocycles. The predicted molar refractivity (Wildman–Crippen MR) is 225 cm³/mol. The third kappa shape index (κ3) is 5.25. The number of benzene rings is 4. The molecular weight excluding hydrogens is 655 g/mol. The summed E-state index contributed by atoms with van der Waals surface area (Å²) in [6.45, 7) is 7.29. The van der Waals surface area contributed by atoms with Gasteiger partial charge in [0.1, 0.15) is 0 Å². The molecule has 0 saturated carbocycles. The van der Waals surface area contributed by atoms with Crippen molar-refractivity contribution in [2.24, 2.45) is 5.41 Å². The molecule has 0 amide bonds. The second-order valence-corrected chi connectivity index (χ2v) is 15.7. The molecule has 262 valence electrons. The zero-order valence-electron chi connectivity index (χ0n) is 31.2. The first kappa shape index (κ1) is 32.6. The van der Waals surface area contributed by atoms with Crippen molar-refractivity contribution < 1.29 is 0 Å². The third-order valence-electron chi connectivity index (χ3n) is 12.0. The zero-order chi connectivity index (χ0) is 36.4. The van der Waals surface area contributed by atoms with Crippen LogP contribution in [0.15, 0.2) is 162 Å². The van der Waals surface area contributed by atoms with E-state index >= 15 is 0 Å². The molecular formula is C51H43N3. The van der Waals surface area contributed by atoms with Gasteiger partial charge in [-0.2, -0.15) is 0 Å². The summed E-state index contributed by atoms with van der Waals surface area (Å²) in [5.74, 6) is 0.836. The fourth-order valence-electron chi connectivity index (χ4n) is 9.45. The molecule has 4 aliphatic rings. The molecule has 10 rings (SSSR count). The Bertz CT molecular complexity index is 2730. The van der Waals surface area contributed by atoms with Crippen molar-refractivity contribution in [2.75, 3.05) is 0 Å². The number of hydrogen-bond acceptors (Lipinski definition) is 2. The SMILES string of the molecule is C\C1=c2/c(n(C3=CC(c4cc(-c5ccccc5)nc(-c5ccccc5)n4)CC=C3)c3ccccc23)=C2\C(=C\c3ccccc3C1)C1=C(CCC=C1)C2(C)C. The van der Waals surface area contributed by atoms with Crippen LogP contribution < -0.4 is 10.6 Å². The number of hydrogen-bond donors (Lipinski definition) is 0. The monoisotopic (exact) mass is 697 g/mol. The highest BCUT2D eigenvalue weighted by molar-refractivity contribution is 5.96. The second-order valence-electron chi connectivity index (χ2n) is 15.7. The van der Waals surface area contributed by atoms with E-state index in [9.17, 15) is 0 Å². The Labute approximate surface area is 317 Å². The fraction of sp³-hybridized carbons (Fsp3) is 0.176. The van der Waals surface area contributed by atoms with Gasteiger partial charge < -0.3 is 4.57 Å². The summed E-state index contributed by atoms with van der Waals surface area (Å²) in [6, 6.07) is 41.2. The molecule has 3 heteroatoms. The largest absolute Gasteiger partial charge is 0.309 e. The van der Waals surface area contributed by atoms with E-state index in [-0.39, 0.29) is 11.3 Å². The van der Waals surface area contributed by atoms with Gasteiger partial charge in [0.2, 0.25) is 0 Å². The molecule has 6 aromatic rings. The Hall–Kier alpha value is -6.06. The topological polar surface area (TPSA) is 30.7 Å². The summed E-state index contributed by atoms with van der Waals surface area (Å²) >= 11 is 0. The maximum absolute atomic E-state index is 5.29. The number of para-hydroxylation sites is 1. The molecule has 3 nitrogen and oxygen atoms in total. The summed E-state index contributed by atoms with van der Waals surface area (Å²) in [5, 5.41) is 4.01. The van der Waals surface area contributed by atoms with E-state index in [1.54, 1.807) is 5.57 Å². The number of fused-ring (bicyclic) bond motifs is 6. The van der Waals surface area contributed by atoms with Crippen molar-refractivity contribution in [1.82, 2.24) is 14.5 Å². The van der Waals surface area contributed by atoms with E-state index < -0.39 is 0 Å². The number of aromatic nitrogens is 3. The van der Waals surface area contributed by atoms with Crippen LogP contribution in [0.1, 0.15) is 62.8 Å². The predicted octanol–water partition coefficient (Wildman–Crippen LogP) is 11.0. The quantitative estimate of drug-likeness (QED) is 0.184. The minimum atomic E-state index is -0.146. The van der Waals surface area contributed by atoms with Crippen LogP contribution in [0.2, 0.25) is 0 Å². The molecule has 1 unspecified atom stereocenters. The first-order valence-electron chi connectivity index (χ1n) is 19.4. The summed E-state index contributed by atoms with van der Waals surface area (Å²) in [5.41, 5.74) is 16.3. The Kier molecular flexibility index (Phi) is 7.73. The standard InChI is InChI=1S/C51H43N3/c1-33-29-36-21-10-11-22-37(36)31-42-40-25-12-14-27-43(40)51(2,3)48(42)49-47(33)41-26-13-15-28-46(41)54(49)39-24-16-23-38(30-39)45-32-44(34-17-6-4-7-18-34)52-50(53-45)35-19-8-5-9-20-35/h4-13,15-22,24-26,28,30-32,38H,14,23,27,29H2,1-3H3/b42-31+,47-33+,49-48-. The minimum absolute atomic E-state index is 0.0752. The van der Waals surface area contributed by atoms with Crippen LogP contribution in [-0.4, -0.2) is 14.5 Å². The van der Waals surface area contributed by atoms with Gasteiger partial charge in [-0.05, 0) is 84.7 Å². The lowest BCUT2D eigenvalue weighted by molar-refractivity contribution is 0.579. The highest BCUT2D eigenvalue weighted by Gasteiger charge is 2.42. The summed E-state index contributed by atoms with van der Waals surface area (Å²) in [6.07, 6.45) is 18.4. The Morgan fingerprint density at radius 3 is 2.33 bits per heavy atom. The zero-order valence-corrected chi connectivity index (χ0v) is 31.2. The van der Waals surface area contributed by atoms with Gasteiger partial charge >= 0.3 is 0 Å². The molecule has 1 atom stereocenters. The second kappa shape index (κ2) is 12.8. The van der Waals surface area contributed by atoms with Gasteiger partial charge in [0.15, 0.2) is 5.82 Å². The van der Waals surface area contributed by atoms with Crippen LogP contribution in [0.25, 0.3) is 56.5 Å². The molecule has 54 heavy (non-hydrogen) atoms. The Morgan fingerprint density at radius 2 is 1.50 bits per heavy atom. The number of rotatable bonds is 4. The summed E-state index contributed by atoms with van der Waals surface area (Å²) in [7, 11) is 0. The Balaban J connectivity index is 1.26. The summed E-state index contributed by atoms with van der Waals surface area (Å²) < 4.78 is 2.59. The van der Waals surface area contributed by atoms with Crippen molar-refractivity contribution in [1.29, 1.82) is 0 Å². The van der Waals surface area contributed by atoms with Crippen LogP contribution in [0, 0.1) is 5.41 Å². The van der Waals surface area contributed by atoms with E-state index in [0.717, 1.165) is 54.0 Å². The molecule has 0 saturated heterocycles. The van der Waals surface area contributed by atoms with E-state index in [0.29, 0.717) is 0 Å². The lowest BCUT2D eigenvalue weighted by atomic mass is 9.78.